The van der Waals surface area contributed by atoms with E-state index in [1.54, 1.807) is 13.0 Å². The van der Waals surface area contributed by atoms with Gasteiger partial charge in [0.2, 0.25) is 0 Å². The predicted molar refractivity (Wildman–Crippen MR) is 85.1 cm³/mol. The number of fused-ring (bicyclic) bond motifs is 3. The maximum atomic E-state index is 14.4. The normalized spacial score (nSPS) is 21.0. The first-order valence-electron chi connectivity index (χ1n) is 7.59. The molecule has 0 saturated heterocycles. The van der Waals surface area contributed by atoms with E-state index >= 15 is 0 Å². The van der Waals surface area contributed by atoms with Crippen molar-refractivity contribution in [3.63, 3.8) is 0 Å². The van der Waals surface area contributed by atoms with Gasteiger partial charge in [-0.25, -0.2) is 0 Å². The van der Waals surface area contributed by atoms with Gasteiger partial charge in [0, 0.05) is 11.6 Å². The van der Waals surface area contributed by atoms with Gasteiger partial charge in [-0.15, -0.1) is 0 Å². The van der Waals surface area contributed by atoms with Crippen molar-refractivity contribution in [1.29, 1.82) is 0 Å². The zero-order valence-electron chi connectivity index (χ0n) is 13.3. The van der Waals surface area contributed by atoms with Crippen LogP contribution in [0.4, 0.5) is 4.39 Å². The predicted octanol–water partition coefficient (Wildman–Crippen LogP) is 2.10. The van der Waals surface area contributed by atoms with Crippen molar-refractivity contribution in [3.05, 3.63) is 41.0 Å². The summed E-state index contributed by atoms with van der Waals surface area (Å²) in [6.07, 6.45) is 1.08. The Kier molecular flexibility index (Phi) is 4.13. The molecule has 0 fully saturated rings. The number of carboxylic acids is 1. The minimum Gasteiger partial charge on any atom is -0.481 e. The van der Waals surface area contributed by atoms with Crippen LogP contribution in [0, 0.1) is 5.95 Å². The maximum Gasteiger partial charge on any atom is 0.307 e. The Bertz CT molecular complexity index is 918. The average molecular weight is 355 g/mol. The van der Waals surface area contributed by atoms with Gasteiger partial charge >= 0.3 is 5.97 Å². The summed E-state index contributed by atoms with van der Waals surface area (Å²) in [6.45, 7) is 1.78. The minimum atomic E-state index is -3.63. The van der Waals surface area contributed by atoms with E-state index in [9.17, 15) is 22.7 Å². The molecule has 3 rings (SSSR count). The topological polar surface area (TPSA) is 85.1 Å². The van der Waals surface area contributed by atoms with Gasteiger partial charge in [-0.05, 0) is 36.1 Å². The van der Waals surface area contributed by atoms with Gasteiger partial charge in [0.15, 0.2) is 5.95 Å². The third-order valence-corrected chi connectivity index (χ3v) is 5.06. The molecule has 2 unspecified atom stereocenters. The lowest BCUT2D eigenvalue weighted by atomic mass is 9.84. The zero-order valence-corrected chi connectivity index (χ0v) is 14.1. The van der Waals surface area contributed by atoms with Crippen molar-refractivity contribution < 1.29 is 26.9 Å². The summed E-state index contributed by atoms with van der Waals surface area (Å²) in [7, 11) is -3.63. The van der Waals surface area contributed by atoms with Gasteiger partial charge in [-0.2, -0.15) is 12.8 Å². The summed E-state index contributed by atoms with van der Waals surface area (Å²) in [5, 5.41) is 9.18. The van der Waals surface area contributed by atoms with Gasteiger partial charge in [-0.1, -0.05) is 13.0 Å². The van der Waals surface area contributed by atoms with Crippen LogP contribution in [0.1, 0.15) is 36.1 Å². The third-order valence-electron chi connectivity index (χ3n) is 4.46. The van der Waals surface area contributed by atoms with E-state index < -0.39 is 28.1 Å². The number of carboxylic acid groups (broad SMARTS) is 1. The summed E-state index contributed by atoms with van der Waals surface area (Å²) in [5.74, 6) is -1.88. The number of aliphatic carboxylic acids is 1. The van der Waals surface area contributed by atoms with Crippen LogP contribution in [0.2, 0.25) is 0 Å². The van der Waals surface area contributed by atoms with Gasteiger partial charge in [0.05, 0.1) is 24.3 Å². The molecule has 0 spiro atoms. The van der Waals surface area contributed by atoms with E-state index in [4.69, 9.17) is 4.18 Å². The first-order chi connectivity index (χ1) is 11.2. The average Bonchev–Trinajstić information content (AvgIpc) is 2.76. The zero-order chi connectivity index (χ0) is 17.6. The highest BCUT2D eigenvalue weighted by Crippen LogP contribution is 2.39. The highest BCUT2D eigenvalue weighted by molar-refractivity contribution is 7.86. The molecule has 0 saturated carbocycles. The van der Waals surface area contributed by atoms with Crippen LogP contribution >= 0.6 is 0 Å². The molecular weight excluding hydrogens is 337 g/mol. The molecule has 130 valence electrons. The molecule has 1 N–H and O–H groups in total. The summed E-state index contributed by atoms with van der Waals surface area (Å²) < 4.78 is 43.9. The van der Waals surface area contributed by atoms with Crippen molar-refractivity contribution in [2.75, 3.05) is 6.26 Å². The maximum absolute atomic E-state index is 14.4. The Morgan fingerprint density at radius 1 is 1.46 bits per heavy atom. The van der Waals surface area contributed by atoms with E-state index in [0.29, 0.717) is 29.6 Å². The molecule has 0 radical (unpaired) electrons. The first-order valence-corrected chi connectivity index (χ1v) is 9.41. The second-order valence-corrected chi connectivity index (χ2v) is 7.75. The number of aromatic nitrogens is 1. The second-order valence-electron chi connectivity index (χ2n) is 6.15. The quantitative estimate of drug-likeness (QED) is 0.671. The Labute approximate surface area is 139 Å². The van der Waals surface area contributed by atoms with E-state index in [0.717, 1.165) is 11.8 Å². The van der Waals surface area contributed by atoms with Gasteiger partial charge in [-0.3, -0.25) is 13.4 Å². The van der Waals surface area contributed by atoms with Crippen molar-refractivity contribution in [2.45, 2.75) is 38.2 Å². The molecule has 0 amide bonds. The Morgan fingerprint density at radius 3 is 2.79 bits per heavy atom. The van der Waals surface area contributed by atoms with Crippen LogP contribution in [-0.2, 0) is 31.9 Å². The molecule has 1 aliphatic carbocycles. The molecule has 8 heteroatoms. The number of halogens is 1. The fourth-order valence-corrected chi connectivity index (χ4v) is 4.29. The smallest absolute Gasteiger partial charge is 0.307 e. The molecule has 2 atom stereocenters. The highest BCUT2D eigenvalue weighted by atomic mass is 32.2. The lowest BCUT2D eigenvalue weighted by Gasteiger charge is -2.29. The van der Waals surface area contributed by atoms with Crippen molar-refractivity contribution >= 4 is 21.6 Å². The number of hydrogen-bond acceptors (Lipinski definition) is 4. The second kappa shape index (κ2) is 5.86. The molecule has 1 aliphatic rings. The lowest BCUT2D eigenvalue weighted by molar-refractivity contribution is -0.136. The Hall–Kier alpha value is -1.93. The van der Waals surface area contributed by atoms with Crippen molar-refractivity contribution in [1.82, 2.24) is 4.40 Å². The van der Waals surface area contributed by atoms with Gasteiger partial charge in [0.25, 0.3) is 10.1 Å². The minimum absolute atomic E-state index is 0.202. The van der Waals surface area contributed by atoms with E-state index in [-0.39, 0.29) is 12.3 Å². The van der Waals surface area contributed by atoms with Crippen molar-refractivity contribution in [3.8, 4) is 0 Å². The van der Waals surface area contributed by atoms with Crippen LogP contribution in [0.15, 0.2) is 18.2 Å². The summed E-state index contributed by atoms with van der Waals surface area (Å²) in [6, 6.07) is 4.51. The Morgan fingerprint density at radius 2 is 2.17 bits per heavy atom. The standard InChI is InChI=1S/C16H18FNO5S/c1-9-13(23-24(2,21)22)7-6-10-11(8-15(19)20)12-4-3-5-14(17)18(12)16(9)10/h3-5,9,13H,6-8H2,1-2H3,(H,19,20). The number of carbonyl (C=O) groups is 1. The van der Waals surface area contributed by atoms with Crippen LogP contribution < -0.4 is 0 Å². The van der Waals surface area contributed by atoms with E-state index in [1.165, 1.54) is 16.5 Å². The molecule has 24 heavy (non-hydrogen) atoms. The van der Waals surface area contributed by atoms with Crippen LogP contribution in [0.5, 0.6) is 0 Å². The summed E-state index contributed by atoms with van der Waals surface area (Å²) >= 11 is 0. The molecule has 6 nitrogen and oxygen atoms in total. The summed E-state index contributed by atoms with van der Waals surface area (Å²) in [5.41, 5.74) is 2.47. The monoisotopic (exact) mass is 355 g/mol. The van der Waals surface area contributed by atoms with Crippen LogP contribution in [0.25, 0.3) is 5.52 Å². The molecule has 0 aliphatic heterocycles. The molecule has 2 aromatic heterocycles. The highest BCUT2D eigenvalue weighted by Gasteiger charge is 2.35. The molecule has 0 bridgehead atoms. The fourth-order valence-electron chi connectivity index (χ4n) is 3.58. The van der Waals surface area contributed by atoms with Crippen molar-refractivity contribution in [2.24, 2.45) is 0 Å². The largest absolute Gasteiger partial charge is 0.481 e. The number of pyridine rings is 1. The summed E-state index contributed by atoms with van der Waals surface area (Å²) in [4.78, 5) is 11.2. The third kappa shape index (κ3) is 2.91. The Balaban J connectivity index is 2.20. The molecular formula is C16H18FNO5S. The molecule has 0 aromatic carbocycles. The number of rotatable bonds is 4. The van der Waals surface area contributed by atoms with E-state index in [1.807, 2.05) is 0 Å². The van der Waals surface area contributed by atoms with Crippen LogP contribution in [-0.4, -0.2) is 36.3 Å². The molecule has 2 heterocycles. The fraction of sp³-hybridized carbons (Fsp3) is 0.438. The van der Waals surface area contributed by atoms with E-state index in [2.05, 4.69) is 0 Å². The SMILES string of the molecule is CC1c2c(c(CC(=O)O)c3cccc(F)n23)CCC1OS(C)(=O)=O. The number of hydrogen-bond donors (Lipinski definition) is 1. The molecule has 2 aromatic rings. The first kappa shape index (κ1) is 16.9. The number of nitrogens with zero attached hydrogens (tertiary/aromatic N) is 1. The van der Waals surface area contributed by atoms with Gasteiger partial charge in [0.1, 0.15) is 0 Å². The van der Waals surface area contributed by atoms with Crippen LogP contribution in [0.3, 0.4) is 0 Å². The van der Waals surface area contributed by atoms with Gasteiger partial charge < -0.3 is 5.11 Å². The lowest BCUT2D eigenvalue weighted by Crippen LogP contribution is -2.29.